The first-order valence-corrected chi connectivity index (χ1v) is 8.52. The van der Waals surface area contributed by atoms with E-state index in [2.05, 4.69) is 31.0 Å². The Morgan fingerprint density at radius 3 is 2.42 bits per heavy atom. The zero-order valence-electron chi connectivity index (χ0n) is 13.4. The third-order valence-electron chi connectivity index (χ3n) is 5.33. The van der Waals surface area contributed by atoms with Gasteiger partial charge in [-0.25, -0.2) is 0 Å². The van der Waals surface area contributed by atoms with E-state index >= 15 is 0 Å². The minimum absolute atomic E-state index is 0.485. The van der Waals surface area contributed by atoms with Crippen molar-refractivity contribution in [3.8, 4) is 0 Å². The second kappa shape index (κ2) is 7.08. The number of nitrogens with zero attached hydrogens (tertiary/aromatic N) is 1. The standard InChI is InChI=1S/C17H34N2/c1-17(2,3)15-7-5-4-6-8-16-9-11-18-12-14-19(16)13-10-15/h15-16,18H,4-14H2,1-3H3. The molecule has 2 unspecified atom stereocenters. The molecule has 2 rings (SSSR count). The van der Waals surface area contributed by atoms with Crippen LogP contribution in [0.1, 0.15) is 65.7 Å². The van der Waals surface area contributed by atoms with E-state index in [4.69, 9.17) is 0 Å². The van der Waals surface area contributed by atoms with Gasteiger partial charge in [0.05, 0.1) is 0 Å². The first-order valence-electron chi connectivity index (χ1n) is 8.52. The summed E-state index contributed by atoms with van der Waals surface area (Å²) in [6, 6.07) is 0.855. The molecular weight excluding hydrogens is 232 g/mol. The molecule has 2 atom stereocenters. The maximum atomic E-state index is 3.58. The Balaban J connectivity index is 1.98. The van der Waals surface area contributed by atoms with Gasteiger partial charge in [0.15, 0.2) is 0 Å². The summed E-state index contributed by atoms with van der Waals surface area (Å²) in [5, 5.41) is 3.58. The van der Waals surface area contributed by atoms with E-state index in [9.17, 15) is 0 Å². The van der Waals surface area contributed by atoms with E-state index in [-0.39, 0.29) is 0 Å². The van der Waals surface area contributed by atoms with Crippen molar-refractivity contribution >= 4 is 0 Å². The highest BCUT2D eigenvalue weighted by atomic mass is 15.2. The van der Waals surface area contributed by atoms with Crippen LogP contribution in [0.3, 0.4) is 0 Å². The number of rotatable bonds is 0. The van der Waals surface area contributed by atoms with Gasteiger partial charge in [-0.05, 0) is 50.1 Å². The summed E-state index contributed by atoms with van der Waals surface area (Å²) in [4.78, 5) is 2.80. The Morgan fingerprint density at radius 2 is 1.63 bits per heavy atom. The number of fused-ring (bicyclic) bond motifs is 1. The van der Waals surface area contributed by atoms with Crippen molar-refractivity contribution in [3.05, 3.63) is 0 Å². The minimum atomic E-state index is 0.485. The average Bonchev–Trinajstić information content (AvgIpc) is 2.57. The average molecular weight is 266 g/mol. The molecule has 0 saturated carbocycles. The number of nitrogens with one attached hydrogen (secondary N) is 1. The van der Waals surface area contributed by atoms with Crippen molar-refractivity contribution in [2.24, 2.45) is 11.3 Å². The molecular formula is C17H34N2. The predicted molar refractivity (Wildman–Crippen MR) is 83.5 cm³/mol. The zero-order valence-corrected chi connectivity index (χ0v) is 13.4. The van der Waals surface area contributed by atoms with E-state index in [1.54, 1.807) is 0 Å². The first-order chi connectivity index (χ1) is 9.07. The minimum Gasteiger partial charge on any atom is -0.315 e. The van der Waals surface area contributed by atoms with Gasteiger partial charge >= 0.3 is 0 Å². The lowest BCUT2D eigenvalue weighted by Gasteiger charge is -2.36. The molecule has 2 nitrogen and oxygen atoms in total. The Labute approximate surface area is 120 Å². The second-order valence-electron chi connectivity index (χ2n) is 7.72. The normalized spacial score (nSPS) is 32.4. The van der Waals surface area contributed by atoms with E-state index in [1.165, 1.54) is 71.1 Å². The van der Waals surface area contributed by atoms with Gasteiger partial charge in [-0.3, -0.25) is 4.90 Å². The Morgan fingerprint density at radius 1 is 0.842 bits per heavy atom. The summed E-state index contributed by atoms with van der Waals surface area (Å²) >= 11 is 0. The molecule has 0 amide bonds. The molecule has 0 aliphatic carbocycles. The predicted octanol–water partition coefficient (Wildman–Crippen LogP) is 3.67. The molecule has 2 heteroatoms. The molecule has 19 heavy (non-hydrogen) atoms. The molecule has 1 N–H and O–H groups in total. The third-order valence-corrected chi connectivity index (χ3v) is 5.33. The highest BCUT2D eigenvalue weighted by Gasteiger charge is 2.27. The molecule has 2 heterocycles. The van der Waals surface area contributed by atoms with Crippen molar-refractivity contribution in [1.29, 1.82) is 0 Å². The number of hydrogen-bond acceptors (Lipinski definition) is 2. The van der Waals surface area contributed by atoms with Crippen LogP contribution in [0.4, 0.5) is 0 Å². The number of hydrogen-bond donors (Lipinski definition) is 1. The van der Waals surface area contributed by atoms with Crippen LogP contribution in [-0.2, 0) is 0 Å². The maximum Gasteiger partial charge on any atom is 0.0110 e. The molecule has 2 saturated heterocycles. The van der Waals surface area contributed by atoms with E-state index in [1.807, 2.05) is 0 Å². The highest BCUT2D eigenvalue weighted by Crippen LogP contribution is 2.34. The molecule has 0 aromatic rings. The Kier molecular flexibility index (Phi) is 5.70. The van der Waals surface area contributed by atoms with Gasteiger partial charge in [0.1, 0.15) is 0 Å². The maximum absolute atomic E-state index is 3.58. The summed E-state index contributed by atoms with van der Waals surface area (Å²) in [5.74, 6) is 0.905. The fourth-order valence-corrected chi connectivity index (χ4v) is 3.88. The van der Waals surface area contributed by atoms with Gasteiger partial charge < -0.3 is 5.32 Å². The van der Waals surface area contributed by atoms with Crippen LogP contribution < -0.4 is 5.32 Å². The third kappa shape index (κ3) is 4.75. The van der Waals surface area contributed by atoms with Crippen LogP contribution in [0.5, 0.6) is 0 Å². The Bertz CT molecular complexity index is 256. The SMILES string of the molecule is CC(C)(C)C1CCCCCC2CCNCCN2CC1. The van der Waals surface area contributed by atoms with Gasteiger partial charge in [0, 0.05) is 19.1 Å². The molecule has 0 bridgehead atoms. The lowest BCUT2D eigenvalue weighted by Crippen LogP contribution is -2.39. The fourth-order valence-electron chi connectivity index (χ4n) is 3.88. The summed E-state index contributed by atoms with van der Waals surface area (Å²) in [7, 11) is 0. The van der Waals surface area contributed by atoms with Gasteiger partial charge in [-0.15, -0.1) is 0 Å². The van der Waals surface area contributed by atoms with Crippen molar-refractivity contribution in [2.75, 3.05) is 26.2 Å². The van der Waals surface area contributed by atoms with Crippen molar-refractivity contribution in [3.63, 3.8) is 0 Å². The molecule has 2 aliphatic rings. The molecule has 2 fully saturated rings. The molecule has 0 radical (unpaired) electrons. The van der Waals surface area contributed by atoms with Crippen LogP contribution >= 0.6 is 0 Å². The summed E-state index contributed by atoms with van der Waals surface area (Å²) in [5.41, 5.74) is 0.485. The van der Waals surface area contributed by atoms with Crippen LogP contribution in [0, 0.1) is 11.3 Å². The summed E-state index contributed by atoms with van der Waals surface area (Å²) < 4.78 is 0. The molecule has 0 aromatic carbocycles. The van der Waals surface area contributed by atoms with Crippen LogP contribution in [0.2, 0.25) is 0 Å². The van der Waals surface area contributed by atoms with Gasteiger partial charge in [0.2, 0.25) is 0 Å². The second-order valence-corrected chi connectivity index (χ2v) is 7.72. The quantitative estimate of drug-likeness (QED) is 0.720. The smallest absolute Gasteiger partial charge is 0.0110 e. The lowest BCUT2D eigenvalue weighted by atomic mass is 9.75. The van der Waals surface area contributed by atoms with Gasteiger partial charge in [0.25, 0.3) is 0 Å². The van der Waals surface area contributed by atoms with Crippen molar-refractivity contribution in [1.82, 2.24) is 10.2 Å². The molecule has 112 valence electrons. The molecule has 0 spiro atoms. The van der Waals surface area contributed by atoms with Crippen LogP contribution in [0.15, 0.2) is 0 Å². The highest BCUT2D eigenvalue weighted by molar-refractivity contribution is 4.82. The topological polar surface area (TPSA) is 15.3 Å². The molecule has 0 aromatic heterocycles. The van der Waals surface area contributed by atoms with E-state index in [0.717, 1.165) is 12.0 Å². The Hall–Kier alpha value is -0.0800. The van der Waals surface area contributed by atoms with Crippen LogP contribution in [0.25, 0.3) is 0 Å². The fraction of sp³-hybridized carbons (Fsp3) is 1.00. The molecule has 2 aliphatic heterocycles. The van der Waals surface area contributed by atoms with E-state index in [0.29, 0.717) is 5.41 Å². The van der Waals surface area contributed by atoms with Crippen molar-refractivity contribution in [2.45, 2.75) is 71.8 Å². The monoisotopic (exact) mass is 266 g/mol. The van der Waals surface area contributed by atoms with Gasteiger partial charge in [-0.1, -0.05) is 40.0 Å². The van der Waals surface area contributed by atoms with Crippen LogP contribution in [-0.4, -0.2) is 37.1 Å². The van der Waals surface area contributed by atoms with Crippen molar-refractivity contribution < 1.29 is 0 Å². The lowest BCUT2D eigenvalue weighted by molar-refractivity contribution is 0.133. The summed E-state index contributed by atoms with van der Waals surface area (Å²) in [6.45, 7) is 12.3. The largest absolute Gasteiger partial charge is 0.315 e. The zero-order chi connectivity index (χ0) is 13.7. The first kappa shape index (κ1) is 15.3. The van der Waals surface area contributed by atoms with Gasteiger partial charge in [-0.2, -0.15) is 0 Å². The summed E-state index contributed by atoms with van der Waals surface area (Å²) in [6.07, 6.45) is 9.98. The van der Waals surface area contributed by atoms with E-state index < -0.39 is 0 Å².